The Balaban J connectivity index is 3.31. The number of carbonyl (C=O) groups excluding carboxylic acids is 4. The molecule has 1 aliphatic heterocycles. The van der Waals surface area contributed by atoms with E-state index in [-0.39, 0.29) is 6.42 Å². The highest BCUT2D eigenvalue weighted by Gasteiger charge is 2.53. The first-order chi connectivity index (χ1) is 12.8. The molecule has 28 heavy (non-hydrogen) atoms. The standard InChI is InChI=1S/C15H24NO11P/c1-7(17)23-12-11(5-6-28(16,21)22)27-15(26-10(4)20)14(25-9(3)19)13(12)24-8(2)18/h11-15H,5-6H2,1-4H3,(H3,16,21,22)/t11-,12-,13+,14+,15?/m1/s1. The van der Waals surface area contributed by atoms with Crippen LogP contribution in [0.25, 0.3) is 0 Å². The Morgan fingerprint density at radius 1 is 0.857 bits per heavy atom. The molecule has 1 fully saturated rings. The van der Waals surface area contributed by atoms with Crippen molar-refractivity contribution < 1.29 is 52.3 Å². The van der Waals surface area contributed by atoms with Gasteiger partial charge < -0.3 is 28.6 Å². The van der Waals surface area contributed by atoms with Crippen molar-refractivity contribution in [3.05, 3.63) is 0 Å². The highest BCUT2D eigenvalue weighted by Crippen LogP contribution is 2.36. The number of esters is 4. The number of hydrogen-bond donors (Lipinski definition) is 2. The molecule has 1 rings (SSSR count). The Bertz CT molecular complexity index is 660. The molecular formula is C15H24NO11P. The first kappa shape index (κ1) is 24.0. The fourth-order valence-corrected chi connectivity index (χ4v) is 3.28. The highest BCUT2D eigenvalue weighted by molar-refractivity contribution is 7.55. The van der Waals surface area contributed by atoms with Crippen molar-refractivity contribution in [3.63, 3.8) is 0 Å². The second-order valence-electron chi connectivity index (χ2n) is 6.14. The summed E-state index contributed by atoms with van der Waals surface area (Å²) < 4.78 is 37.4. The van der Waals surface area contributed by atoms with Gasteiger partial charge in [-0.15, -0.1) is 0 Å². The first-order valence-corrected chi connectivity index (χ1v) is 10.2. The van der Waals surface area contributed by atoms with Gasteiger partial charge in [-0.05, 0) is 6.42 Å². The second kappa shape index (κ2) is 9.97. The average molecular weight is 425 g/mol. The zero-order chi connectivity index (χ0) is 21.6. The van der Waals surface area contributed by atoms with E-state index in [4.69, 9.17) is 29.2 Å². The van der Waals surface area contributed by atoms with Gasteiger partial charge in [-0.25, -0.2) is 0 Å². The maximum absolute atomic E-state index is 11.6. The van der Waals surface area contributed by atoms with Gasteiger partial charge in [0.1, 0.15) is 6.10 Å². The van der Waals surface area contributed by atoms with E-state index in [1.165, 1.54) is 0 Å². The third-order valence-corrected chi connectivity index (χ3v) is 4.41. The van der Waals surface area contributed by atoms with Crippen LogP contribution in [0.5, 0.6) is 0 Å². The van der Waals surface area contributed by atoms with E-state index in [0.29, 0.717) is 0 Å². The number of rotatable bonds is 7. The average Bonchev–Trinajstić information content (AvgIpc) is 2.48. The molecule has 3 N–H and O–H groups in total. The third-order valence-electron chi connectivity index (χ3n) is 3.51. The molecule has 0 spiro atoms. The molecule has 12 nitrogen and oxygen atoms in total. The molecule has 1 heterocycles. The van der Waals surface area contributed by atoms with Crippen LogP contribution in [0.15, 0.2) is 0 Å². The van der Waals surface area contributed by atoms with Gasteiger partial charge in [0, 0.05) is 33.9 Å². The summed E-state index contributed by atoms with van der Waals surface area (Å²) in [5.74, 6) is -3.17. The van der Waals surface area contributed by atoms with Gasteiger partial charge >= 0.3 is 23.9 Å². The van der Waals surface area contributed by atoms with Crippen LogP contribution in [0.1, 0.15) is 34.1 Å². The molecular weight excluding hydrogens is 401 g/mol. The normalized spacial score (nSPS) is 29.1. The molecule has 0 aromatic rings. The fraction of sp³-hybridized carbons (Fsp3) is 0.733. The molecule has 0 aromatic heterocycles. The Hall–Kier alpha value is -2.01. The van der Waals surface area contributed by atoms with Crippen LogP contribution in [-0.4, -0.2) is 65.6 Å². The maximum Gasteiger partial charge on any atom is 0.305 e. The molecule has 1 aliphatic rings. The van der Waals surface area contributed by atoms with Gasteiger partial charge in [-0.3, -0.25) is 29.2 Å². The van der Waals surface area contributed by atoms with E-state index in [0.717, 1.165) is 27.7 Å². The second-order valence-corrected chi connectivity index (χ2v) is 8.10. The lowest BCUT2D eigenvalue weighted by Crippen LogP contribution is -2.62. The van der Waals surface area contributed by atoms with Crippen molar-refractivity contribution in [1.82, 2.24) is 0 Å². The van der Waals surface area contributed by atoms with Crippen LogP contribution in [0.4, 0.5) is 0 Å². The smallest absolute Gasteiger partial charge is 0.305 e. The SMILES string of the molecule is CC(=O)OC1O[C@H](CCP(N)(=O)O)[C@@H](OC(C)=O)[C@H](OC(C)=O)[C@@H]1OC(C)=O. The zero-order valence-electron chi connectivity index (χ0n) is 15.9. The summed E-state index contributed by atoms with van der Waals surface area (Å²) in [6, 6.07) is 0. The molecule has 2 unspecified atom stereocenters. The lowest BCUT2D eigenvalue weighted by atomic mass is 9.96. The van der Waals surface area contributed by atoms with Crippen LogP contribution in [-0.2, 0) is 47.4 Å². The van der Waals surface area contributed by atoms with Crippen molar-refractivity contribution in [2.45, 2.75) is 64.8 Å². The maximum atomic E-state index is 11.6. The quantitative estimate of drug-likeness (QED) is 0.307. The summed E-state index contributed by atoms with van der Waals surface area (Å²) in [6.45, 7) is 4.30. The minimum atomic E-state index is -3.95. The molecule has 6 atom stereocenters. The van der Waals surface area contributed by atoms with E-state index in [1.54, 1.807) is 0 Å². The summed E-state index contributed by atoms with van der Waals surface area (Å²) >= 11 is 0. The van der Waals surface area contributed by atoms with Gasteiger partial charge in [0.2, 0.25) is 12.4 Å². The van der Waals surface area contributed by atoms with E-state index in [2.05, 4.69) is 0 Å². The molecule has 0 saturated carbocycles. The minimum absolute atomic E-state index is 0.204. The van der Waals surface area contributed by atoms with Crippen LogP contribution in [0.2, 0.25) is 0 Å². The number of ether oxygens (including phenoxy) is 5. The van der Waals surface area contributed by atoms with Crippen LogP contribution >= 0.6 is 7.52 Å². The first-order valence-electron chi connectivity index (χ1n) is 8.25. The molecule has 1 saturated heterocycles. The van der Waals surface area contributed by atoms with Crippen LogP contribution in [0.3, 0.4) is 0 Å². The van der Waals surface area contributed by atoms with E-state index in [1.807, 2.05) is 0 Å². The van der Waals surface area contributed by atoms with Crippen molar-refractivity contribution in [2.75, 3.05) is 6.16 Å². The Labute approximate surface area is 161 Å². The van der Waals surface area contributed by atoms with Gasteiger partial charge in [0.15, 0.2) is 12.2 Å². The summed E-state index contributed by atoms with van der Waals surface area (Å²) in [6.07, 6.45) is -7.44. The number of nitrogens with two attached hydrogens (primary N) is 1. The number of carbonyl (C=O) groups is 4. The van der Waals surface area contributed by atoms with E-state index < -0.39 is 68.3 Å². The Morgan fingerprint density at radius 3 is 1.71 bits per heavy atom. The summed E-state index contributed by atoms with van der Waals surface area (Å²) in [7, 11) is -3.95. The largest absolute Gasteiger partial charge is 0.456 e. The Kier molecular flexibility index (Phi) is 8.55. The molecule has 0 bridgehead atoms. The molecule has 13 heteroatoms. The zero-order valence-corrected chi connectivity index (χ0v) is 16.7. The minimum Gasteiger partial charge on any atom is -0.456 e. The molecule has 0 amide bonds. The lowest BCUT2D eigenvalue weighted by Gasteiger charge is -2.44. The molecule has 160 valence electrons. The van der Waals surface area contributed by atoms with Gasteiger partial charge in [0.25, 0.3) is 7.52 Å². The summed E-state index contributed by atoms with van der Waals surface area (Å²) in [5.41, 5.74) is 5.13. The predicted octanol–water partition coefficient (Wildman–Crippen LogP) is -0.396. The molecule has 0 aromatic carbocycles. The topological polar surface area (TPSA) is 178 Å². The lowest BCUT2D eigenvalue weighted by molar-refractivity contribution is -0.296. The van der Waals surface area contributed by atoms with Crippen molar-refractivity contribution in [3.8, 4) is 0 Å². The van der Waals surface area contributed by atoms with Crippen LogP contribution in [0, 0.1) is 0 Å². The van der Waals surface area contributed by atoms with Gasteiger partial charge in [-0.1, -0.05) is 0 Å². The third kappa shape index (κ3) is 7.93. The molecule has 0 aliphatic carbocycles. The van der Waals surface area contributed by atoms with Crippen molar-refractivity contribution in [1.29, 1.82) is 0 Å². The monoisotopic (exact) mass is 425 g/mol. The predicted molar refractivity (Wildman–Crippen MR) is 90.6 cm³/mol. The number of hydrogen-bond acceptors (Lipinski definition) is 10. The summed E-state index contributed by atoms with van der Waals surface area (Å²) in [5, 5.41) is 0. The van der Waals surface area contributed by atoms with Gasteiger partial charge in [0.05, 0.1) is 0 Å². The van der Waals surface area contributed by atoms with E-state index >= 15 is 0 Å². The summed E-state index contributed by atoms with van der Waals surface area (Å²) in [4.78, 5) is 55.4. The highest BCUT2D eigenvalue weighted by atomic mass is 31.2. The fourth-order valence-electron chi connectivity index (χ4n) is 2.66. The Morgan fingerprint density at radius 2 is 1.29 bits per heavy atom. The van der Waals surface area contributed by atoms with Gasteiger partial charge in [-0.2, -0.15) is 0 Å². The van der Waals surface area contributed by atoms with E-state index in [9.17, 15) is 28.6 Å². The van der Waals surface area contributed by atoms with Crippen molar-refractivity contribution >= 4 is 31.4 Å². The van der Waals surface area contributed by atoms with Crippen LogP contribution < -0.4 is 5.50 Å². The molecule has 0 radical (unpaired) electrons. The van der Waals surface area contributed by atoms with Crippen molar-refractivity contribution in [2.24, 2.45) is 5.50 Å².